The fourth-order valence-corrected chi connectivity index (χ4v) is 4.09. The Labute approximate surface area is 146 Å². The summed E-state index contributed by atoms with van der Waals surface area (Å²) in [6, 6.07) is 10.7. The number of benzene rings is 2. The van der Waals surface area contributed by atoms with Gasteiger partial charge in [-0.15, -0.1) is 0 Å². The quantitative estimate of drug-likeness (QED) is 0.762. The zero-order chi connectivity index (χ0) is 18.4. The molecule has 0 amide bonds. The van der Waals surface area contributed by atoms with Crippen molar-refractivity contribution in [3.8, 4) is 5.75 Å². The summed E-state index contributed by atoms with van der Waals surface area (Å²) < 4.78 is 43.3. The molecule has 2 aromatic rings. The van der Waals surface area contributed by atoms with Gasteiger partial charge in [-0.25, -0.2) is 12.8 Å². The third-order valence-corrected chi connectivity index (χ3v) is 5.47. The van der Waals surface area contributed by atoms with Crippen molar-refractivity contribution in [2.45, 2.75) is 24.2 Å². The van der Waals surface area contributed by atoms with Crippen molar-refractivity contribution in [2.24, 2.45) is 0 Å². The SMILES string of the molecule is CCOC(=O)CC(CS(=O)(=O)c1cccc(O)c1)c1ccc(F)cc1. The minimum absolute atomic E-state index is 0.0385. The van der Waals surface area contributed by atoms with Crippen molar-refractivity contribution in [3.05, 3.63) is 59.9 Å². The maximum atomic E-state index is 13.1. The van der Waals surface area contributed by atoms with E-state index in [1.54, 1.807) is 6.92 Å². The summed E-state index contributed by atoms with van der Waals surface area (Å²) in [7, 11) is -3.76. The number of carbonyl (C=O) groups excluding carboxylic acids is 1. The van der Waals surface area contributed by atoms with Gasteiger partial charge < -0.3 is 9.84 Å². The number of phenolic OH excluding ortho intramolecular Hbond substituents is 1. The lowest BCUT2D eigenvalue weighted by molar-refractivity contribution is -0.143. The van der Waals surface area contributed by atoms with E-state index in [4.69, 9.17) is 4.74 Å². The summed E-state index contributed by atoms with van der Waals surface area (Å²) >= 11 is 0. The molecule has 25 heavy (non-hydrogen) atoms. The predicted molar refractivity (Wildman–Crippen MR) is 90.6 cm³/mol. The van der Waals surface area contributed by atoms with Gasteiger partial charge in [0.15, 0.2) is 9.84 Å². The Morgan fingerprint density at radius 1 is 1.20 bits per heavy atom. The first-order chi connectivity index (χ1) is 11.8. The molecule has 1 N–H and O–H groups in total. The molecule has 0 aromatic heterocycles. The van der Waals surface area contributed by atoms with Crippen molar-refractivity contribution >= 4 is 15.8 Å². The molecule has 0 fully saturated rings. The van der Waals surface area contributed by atoms with Crippen molar-refractivity contribution in [1.29, 1.82) is 0 Å². The summed E-state index contributed by atoms with van der Waals surface area (Å²) in [6.45, 7) is 1.85. The topological polar surface area (TPSA) is 80.7 Å². The van der Waals surface area contributed by atoms with Crippen LogP contribution in [0.4, 0.5) is 4.39 Å². The molecule has 0 aliphatic heterocycles. The van der Waals surface area contributed by atoms with Gasteiger partial charge >= 0.3 is 5.97 Å². The number of hydrogen-bond acceptors (Lipinski definition) is 5. The second-order valence-corrected chi connectivity index (χ2v) is 7.57. The average Bonchev–Trinajstić information content (AvgIpc) is 2.55. The van der Waals surface area contributed by atoms with E-state index in [1.165, 1.54) is 42.5 Å². The molecule has 1 atom stereocenters. The standard InChI is InChI=1S/C18H19FO5S/c1-2-24-18(21)10-14(13-6-8-15(19)9-7-13)12-25(22,23)17-5-3-4-16(20)11-17/h3-9,11,14,20H,2,10,12H2,1H3. The number of carbonyl (C=O) groups is 1. The van der Waals surface area contributed by atoms with Crippen LogP contribution < -0.4 is 0 Å². The molecule has 0 bridgehead atoms. The molecule has 0 saturated heterocycles. The third-order valence-electron chi connectivity index (χ3n) is 3.66. The van der Waals surface area contributed by atoms with E-state index in [0.29, 0.717) is 5.56 Å². The predicted octanol–water partition coefficient (Wildman–Crippen LogP) is 3.04. The Kier molecular flexibility index (Phi) is 6.14. The molecule has 0 aliphatic carbocycles. The van der Waals surface area contributed by atoms with Crippen LogP contribution in [-0.4, -0.2) is 31.9 Å². The van der Waals surface area contributed by atoms with Crippen LogP contribution in [0.3, 0.4) is 0 Å². The molecule has 1 unspecified atom stereocenters. The lowest BCUT2D eigenvalue weighted by Crippen LogP contribution is -2.19. The number of phenols is 1. The van der Waals surface area contributed by atoms with Crippen LogP contribution in [0, 0.1) is 5.82 Å². The number of esters is 1. The fraction of sp³-hybridized carbons (Fsp3) is 0.278. The Balaban J connectivity index is 2.31. The first-order valence-electron chi connectivity index (χ1n) is 7.74. The Hall–Kier alpha value is -2.41. The molecule has 5 nitrogen and oxygen atoms in total. The normalized spacial score (nSPS) is 12.6. The van der Waals surface area contributed by atoms with Crippen LogP contribution in [-0.2, 0) is 19.4 Å². The molecule has 0 heterocycles. The molecule has 7 heteroatoms. The lowest BCUT2D eigenvalue weighted by atomic mass is 9.98. The highest BCUT2D eigenvalue weighted by Crippen LogP contribution is 2.27. The first-order valence-corrected chi connectivity index (χ1v) is 9.40. The number of ether oxygens (including phenoxy) is 1. The number of aromatic hydroxyl groups is 1. The number of rotatable bonds is 7. The summed E-state index contributed by atoms with van der Waals surface area (Å²) in [6.07, 6.45) is -0.141. The average molecular weight is 366 g/mol. The van der Waals surface area contributed by atoms with Crippen LogP contribution in [0.15, 0.2) is 53.4 Å². The lowest BCUT2D eigenvalue weighted by Gasteiger charge is -2.17. The molecule has 0 saturated carbocycles. The monoisotopic (exact) mass is 366 g/mol. The van der Waals surface area contributed by atoms with E-state index >= 15 is 0 Å². The molecule has 0 radical (unpaired) electrons. The van der Waals surface area contributed by atoms with Gasteiger partial charge in [-0.3, -0.25) is 4.79 Å². The number of halogens is 1. The molecular formula is C18H19FO5S. The molecule has 2 rings (SSSR count). The van der Waals surface area contributed by atoms with Gasteiger partial charge in [-0.2, -0.15) is 0 Å². The van der Waals surface area contributed by atoms with E-state index < -0.39 is 27.5 Å². The minimum Gasteiger partial charge on any atom is -0.508 e. The highest BCUT2D eigenvalue weighted by atomic mass is 32.2. The van der Waals surface area contributed by atoms with E-state index in [-0.39, 0.29) is 29.4 Å². The Morgan fingerprint density at radius 3 is 2.48 bits per heavy atom. The first kappa shape index (κ1) is 18.9. The smallest absolute Gasteiger partial charge is 0.306 e. The number of sulfone groups is 1. The third kappa shape index (κ3) is 5.29. The van der Waals surface area contributed by atoms with Crippen molar-refractivity contribution in [3.63, 3.8) is 0 Å². The molecule has 0 spiro atoms. The zero-order valence-electron chi connectivity index (χ0n) is 13.7. The van der Waals surface area contributed by atoms with Crippen molar-refractivity contribution in [1.82, 2.24) is 0 Å². The van der Waals surface area contributed by atoms with Crippen LogP contribution in [0.25, 0.3) is 0 Å². The highest BCUT2D eigenvalue weighted by Gasteiger charge is 2.25. The van der Waals surface area contributed by atoms with Crippen LogP contribution in [0.2, 0.25) is 0 Å². The van der Waals surface area contributed by atoms with Crippen molar-refractivity contribution in [2.75, 3.05) is 12.4 Å². The maximum absolute atomic E-state index is 13.1. The summed E-state index contributed by atoms with van der Waals surface area (Å²) in [5, 5.41) is 9.49. The van der Waals surface area contributed by atoms with Gasteiger partial charge in [-0.05, 0) is 42.8 Å². The van der Waals surface area contributed by atoms with E-state index in [0.717, 1.165) is 6.07 Å². The summed E-state index contributed by atoms with van der Waals surface area (Å²) in [5.41, 5.74) is 0.526. The van der Waals surface area contributed by atoms with Gasteiger partial charge in [-0.1, -0.05) is 18.2 Å². The van der Waals surface area contributed by atoms with E-state index in [9.17, 15) is 22.7 Å². The zero-order valence-corrected chi connectivity index (χ0v) is 14.5. The highest BCUT2D eigenvalue weighted by molar-refractivity contribution is 7.91. The molecular weight excluding hydrogens is 347 g/mol. The largest absolute Gasteiger partial charge is 0.508 e. The Morgan fingerprint density at radius 2 is 1.88 bits per heavy atom. The van der Waals surface area contributed by atoms with Crippen LogP contribution >= 0.6 is 0 Å². The Bertz CT molecular complexity index is 831. The maximum Gasteiger partial charge on any atom is 0.306 e. The molecule has 2 aromatic carbocycles. The summed E-state index contributed by atoms with van der Waals surface area (Å²) in [5.74, 6) is -2.19. The van der Waals surface area contributed by atoms with Gasteiger partial charge in [0.05, 0.1) is 23.7 Å². The van der Waals surface area contributed by atoms with Crippen LogP contribution in [0.1, 0.15) is 24.8 Å². The molecule has 0 aliphatic rings. The van der Waals surface area contributed by atoms with Crippen LogP contribution in [0.5, 0.6) is 5.75 Å². The second kappa shape index (κ2) is 8.11. The fourth-order valence-electron chi connectivity index (χ4n) is 2.47. The summed E-state index contributed by atoms with van der Waals surface area (Å²) in [4.78, 5) is 11.8. The second-order valence-electron chi connectivity index (χ2n) is 5.54. The van der Waals surface area contributed by atoms with Gasteiger partial charge in [0.2, 0.25) is 0 Å². The number of hydrogen-bond donors (Lipinski definition) is 1. The van der Waals surface area contributed by atoms with E-state index in [2.05, 4.69) is 0 Å². The van der Waals surface area contributed by atoms with Gasteiger partial charge in [0.25, 0.3) is 0 Å². The minimum atomic E-state index is -3.76. The van der Waals surface area contributed by atoms with Gasteiger partial charge in [0.1, 0.15) is 11.6 Å². The van der Waals surface area contributed by atoms with E-state index in [1.807, 2.05) is 0 Å². The van der Waals surface area contributed by atoms with Gasteiger partial charge in [0, 0.05) is 5.92 Å². The van der Waals surface area contributed by atoms with Crippen molar-refractivity contribution < 1.29 is 27.4 Å². The molecule has 134 valence electrons.